The molecule has 0 unspecified atom stereocenters. The zero-order chi connectivity index (χ0) is 7.21. The van der Waals surface area contributed by atoms with Gasteiger partial charge in [-0.15, -0.1) is 0 Å². The minimum absolute atomic E-state index is 0.562. The number of halogens is 5. The molecule has 0 aliphatic heterocycles. The Hall–Kier alpha value is 3.28. The molecular weight excluding hydrogens is 633 g/mol. The summed E-state index contributed by atoms with van der Waals surface area (Å²) in [6, 6.07) is 0. The summed E-state index contributed by atoms with van der Waals surface area (Å²) >= 11 is 14.3. The third-order valence-corrected chi connectivity index (χ3v) is 0. The normalized spacial score (nSPS) is 9.75. The van der Waals surface area contributed by atoms with Crippen LogP contribution in [0.1, 0.15) is 0 Å². The van der Waals surface area contributed by atoms with Crippen molar-refractivity contribution in [2.75, 3.05) is 5.45 Å². The average molecular weight is 637 g/mol. The summed E-state index contributed by atoms with van der Waals surface area (Å²) < 4.78 is 0. The van der Waals surface area contributed by atoms with Crippen molar-refractivity contribution in [2.24, 2.45) is 5.73 Å². The number of hydrogen-bond acceptors (Lipinski definition) is 1. The number of nitrogens with two attached hydrogens (primary N) is 1. The van der Waals surface area contributed by atoms with Gasteiger partial charge < -0.3 is 5.73 Å². The third kappa shape index (κ3) is 59.1. The van der Waals surface area contributed by atoms with Crippen molar-refractivity contribution in [3.8, 4) is 0 Å². The molecule has 0 aromatic carbocycles. The van der Waals surface area contributed by atoms with E-state index in [4.69, 9.17) is 5.73 Å². The number of alkyl halides is 1. The van der Waals surface area contributed by atoms with Gasteiger partial charge >= 0.3 is 59.5 Å². The van der Waals surface area contributed by atoms with Crippen LogP contribution in [-0.4, -0.2) is 17.0 Å². The van der Waals surface area contributed by atoms with E-state index in [-0.39, 0.29) is 0 Å². The molecule has 0 aromatic heterocycles. The molecule has 0 fully saturated rings. The first-order valence-corrected chi connectivity index (χ1v) is 36.3. The minimum atomic E-state index is -2.03. The van der Waals surface area contributed by atoms with Gasteiger partial charge in [-0.1, -0.05) is 15.9 Å². The van der Waals surface area contributed by atoms with E-state index in [1.807, 2.05) is 0 Å². The second-order valence-corrected chi connectivity index (χ2v) is 102. The van der Waals surface area contributed by atoms with Gasteiger partial charge in [-0.25, -0.2) is 0 Å². The zero-order valence-electron chi connectivity index (χ0n) is 3.67. The van der Waals surface area contributed by atoms with Gasteiger partial charge in [0, 0.05) is 5.45 Å². The van der Waals surface area contributed by atoms with Gasteiger partial charge in [-0.05, 0) is 0 Å². The monoisotopic (exact) mass is 633 g/mol. The Kier molecular flexibility index (Phi) is 14.5. The van der Waals surface area contributed by atoms with Crippen LogP contribution < -0.4 is 5.73 Å². The van der Waals surface area contributed by atoms with E-state index in [0.29, 0.717) is 5.45 Å². The fourth-order valence-corrected chi connectivity index (χ4v) is 0. The molecule has 0 saturated heterocycles. The van der Waals surface area contributed by atoms with Crippen LogP contribution in [0.25, 0.3) is 0 Å². The molecule has 8 heavy (non-hydrogen) atoms. The zero-order valence-corrected chi connectivity index (χ0v) is 15.5. The predicted molar refractivity (Wildman–Crippen MR) is 59.4 cm³/mol. The van der Waals surface area contributed by atoms with Crippen LogP contribution >= 0.6 is 63.9 Å². The molecule has 0 amide bonds. The van der Waals surface area contributed by atoms with Gasteiger partial charge in [0.15, 0.2) is 0 Å². The van der Waals surface area contributed by atoms with E-state index in [0.717, 1.165) is 0 Å². The Morgan fingerprint density at radius 3 is 1.12 bits per heavy atom. The van der Waals surface area contributed by atoms with Gasteiger partial charge in [0.1, 0.15) is 0 Å². The topological polar surface area (TPSA) is 26.0 Å². The van der Waals surface area contributed by atoms with Gasteiger partial charge in [-0.3, -0.25) is 0 Å². The van der Waals surface area contributed by atoms with Crippen LogP contribution in [0.4, 0.5) is 0 Å². The molecule has 52 valence electrons. The fourth-order valence-electron chi connectivity index (χ4n) is 0. The van der Waals surface area contributed by atoms with Crippen LogP contribution in [-0.2, 0) is 0 Å². The van der Waals surface area contributed by atoms with Crippen molar-refractivity contribution in [2.45, 2.75) is 0 Å². The van der Waals surface area contributed by atoms with Crippen LogP contribution in [0.5, 0.6) is 0 Å². The number of hydrogen-bond donors (Lipinski definition) is 1. The first kappa shape index (κ1) is 13.8. The van der Waals surface area contributed by atoms with E-state index in [1.54, 1.807) is 0 Å². The Bertz CT molecular complexity index is 36.2. The van der Waals surface area contributed by atoms with Crippen molar-refractivity contribution < 1.29 is 0 Å². The number of rotatable bonds is 0. The molecule has 0 radical (unpaired) electrons. The molecule has 0 heterocycles. The Labute approximate surface area is 84.5 Å². The van der Waals surface area contributed by atoms with Gasteiger partial charge in [0.25, 0.3) is 0 Å². The first-order chi connectivity index (χ1) is 3.41. The SMILES string of the molecule is NCBr.[Br][Pb]([Br])([Br])[Br]. The molecule has 0 atom stereocenters. The van der Waals surface area contributed by atoms with E-state index < -0.39 is 11.5 Å². The molecule has 2 N–H and O–H groups in total. The summed E-state index contributed by atoms with van der Waals surface area (Å²) in [7, 11) is 0. The molecule has 0 bridgehead atoms. The van der Waals surface area contributed by atoms with E-state index in [9.17, 15) is 0 Å². The Balaban J connectivity index is 0. The van der Waals surface area contributed by atoms with Crippen molar-refractivity contribution in [1.29, 1.82) is 0 Å². The van der Waals surface area contributed by atoms with E-state index in [2.05, 4.69) is 63.9 Å². The molecule has 0 aliphatic carbocycles. The quantitative estimate of drug-likeness (QED) is 0.247. The molecular formula is CH4Br5NPb. The van der Waals surface area contributed by atoms with Crippen molar-refractivity contribution >= 4 is 75.4 Å². The van der Waals surface area contributed by atoms with Gasteiger partial charge in [-0.2, -0.15) is 0 Å². The fraction of sp³-hybridized carbons (Fsp3) is 1.00. The van der Waals surface area contributed by atoms with Crippen LogP contribution in [0.3, 0.4) is 0 Å². The summed E-state index contributed by atoms with van der Waals surface area (Å²) in [5, 5.41) is 0. The van der Waals surface area contributed by atoms with E-state index in [1.165, 1.54) is 0 Å². The Morgan fingerprint density at radius 2 is 1.12 bits per heavy atom. The summed E-state index contributed by atoms with van der Waals surface area (Å²) in [4.78, 5) is 0. The van der Waals surface area contributed by atoms with Gasteiger partial charge in [0.05, 0.1) is 0 Å². The predicted octanol–water partition coefficient (Wildman–Crippen LogP) is 3.30. The van der Waals surface area contributed by atoms with Crippen molar-refractivity contribution in [1.82, 2.24) is 0 Å². The molecule has 0 aromatic rings. The molecule has 0 rings (SSSR count). The van der Waals surface area contributed by atoms with Gasteiger partial charge in [0.2, 0.25) is 0 Å². The second-order valence-electron chi connectivity index (χ2n) is 0.583. The molecule has 1 nitrogen and oxygen atoms in total. The third-order valence-electron chi connectivity index (χ3n) is 0. The van der Waals surface area contributed by atoms with Crippen molar-refractivity contribution in [3.05, 3.63) is 0 Å². The van der Waals surface area contributed by atoms with Crippen LogP contribution in [0.15, 0.2) is 0 Å². The molecule has 7 heteroatoms. The standard InChI is InChI=1S/CH4BrN.4BrH.Pb/c2-1-3;;;;;/h1,3H2;4*1H;/q;;;;;+4/p-4. The molecule has 0 saturated carbocycles. The molecule has 0 spiro atoms. The average Bonchev–Trinajstić information content (AvgIpc) is 1.27. The first-order valence-electron chi connectivity index (χ1n) is 1.43. The summed E-state index contributed by atoms with van der Waals surface area (Å²) in [6.07, 6.45) is 0. The molecule has 0 aliphatic rings. The van der Waals surface area contributed by atoms with E-state index >= 15 is 0 Å². The Morgan fingerprint density at radius 1 is 1.12 bits per heavy atom. The van der Waals surface area contributed by atoms with Crippen LogP contribution in [0, 0.1) is 0 Å². The van der Waals surface area contributed by atoms with Crippen molar-refractivity contribution in [3.63, 3.8) is 0 Å². The maximum absolute atomic E-state index is 4.76. The second kappa shape index (κ2) is 8.38. The summed E-state index contributed by atoms with van der Waals surface area (Å²) in [5.74, 6) is 0. The van der Waals surface area contributed by atoms with Crippen LogP contribution in [0.2, 0.25) is 0 Å². The summed E-state index contributed by atoms with van der Waals surface area (Å²) in [5.41, 5.74) is 5.33. The summed E-state index contributed by atoms with van der Waals surface area (Å²) in [6.45, 7) is 0. The maximum atomic E-state index is 4.76.